The lowest BCUT2D eigenvalue weighted by molar-refractivity contribution is -0.118. The lowest BCUT2D eigenvalue weighted by Crippen LogP contribution is -2.17. The van der Waals surface area contributed by atoms with Crippen molar-refractivity contribution in [3.8, 4) is 0 Å². The van der Waals surface area contributed by atoms with Crippen LogP contribution in [0.2, 0.25) is 0 Å². The Morgan fingerprint density at radius 2 is 2.32 bits per heavy atom. The number of anilines is 1. The number of nitrogens with one attached hydrogen (secondary N) is 2. The minimum atomic E-state index is -0.0168. The van der Waals surface area contributed by atoms with Crippen molar-refractivity contribution in [2.45, 2.75) is 26.2 Å². The summed E-state index contributed by atoms with van der Waals surface area (Å²) in [5, 5.41) is 4.27. The number of carbonyl (C=O) groups is 1. The van der Waals surface area contributed by atoms with Crippen LogP contribution in [0.25, 0.3) is 11.0 Å². The van der Waals surface area contributed by atoms with Gasteiger partial charge in [-0.25, -0.2) is 10.4 Å². The van der Waals surface area contributed by atoms with E-state index < -0.39 is 0 Å². The van der Waals surface area contributed by atoms with Crippen molar-refractivity contribution in [1.82, 2.24) is 9.97 Å². The third-order valence-corrected chi connectivity index (χ3v) is 3.54. The Balaban J connectivity index is 1.76. The summed E-state index contributed by atoms with van der Waals surface area (Å²) >= 11 is 0. The molecule has 1 fully saturated rings. The molecule has 19 heavy (non-hydrogen) atoms. The molecule has 1 atom stereocenters. The van der Waals surface area contributed by atoms with Crippen molar-refractivity contribution in [2.24, 2.45) is 11.0 Å². The maximum absolute atomic E-state index is 11.6. The average Bonchev–Trinajstić information content (AvgIpc) is 3.01. The Labute approximate surface area is 111 Å². The van der Waals surface area contributed by atoms with E-state index >= 15 is 0 Å². The summed E-state index contributed by atoms with van der Waals surface area (Å²) in [6.45, 7) is 1.89. The van der Waals surface area contributed by atoms with Gasteiger partial charge in [-0.15, -0.1) is 0 Å². The highest BCUT2D eigenvalue weighted by atomic mass is 16.1. The van der Waals surface area contributed by atoms with Gasteiger partial charge in [0.1, 0.15) is 5.78 Å². The molecule has 1 aliphatic rings. The Kier molecular flexibility index (Phi) is 3.03. The van der Waals surface area contributed by atoms with Crippen LogP contribution in [0.1, 0.15) is 26.2 Å². The van der Waals surface area contributed by atoms with E-state index in [0.717, 1.165) is 29.6 Å². The number of nitrogens with zero attached hydrogens (tertiary/aromatic N) is 2. The molecule has 0 bridgehead atoms. The van der Waals surface area contributed by atoms with Crippen molar-refractivity contribution in [2.75, 3.05) is 5.43 Å². The lowest BCUT2D eigenvalue weighted by Gasteiger charge is -2.06. The first kappa shape index (κ1) is 11.9. The van der Waals surface area contributed by atoms with Crippen LogP contribution < -0.4 is 5.43 Å². The number of hydrogen-bond donors (Lipinski definition) is 2. The van der Waals surface area contributed by atoms with Gasteiger partial charge >= 0.3 is 0 Å². The number of Topliss-reactive ketones (excluding diaryl/α,β-unsaturated/α-hetero) is 1. The summed E-state index contributed by atoms with van der Waals surface area (Å²) < 4.78 is 0. The summed E-state index contributed by atoms with van der Waals surface area (Å²) in [5.41, 5.74) is 5.60. The van der Waals surface area contributed by atoms with Gasteiger partial charge in [-0.1, -0.05) is 12.1 Å². The predicted molar refractivity (Wildman–Crippen MR) is 75.2 cm³/mol. The molecule has 0 amide bonds. The Hall–Kier alpha value is -2.17. The standard InChI is InChI=1S/C14H16N4O/c1-9(10-5-4-8-13(10)19)17-18-14-15-11-6-2-3-7-12(11)16-14/h2-3,6-7,10H,4-5,8H2,1H3,(H2,15,16,18)/b17-9+. The largest absolute Gasteiger partial charge is 0.323 e. The summed E-state index contributed by atoms with van der Waals surface area (Å²) in [6.07, 6.45) is 2.57. The van der Waals surface area contributed by atoms with Gasteiger partial charge in [0.05, 0.1) is 17.0 Å². The molecule has 2 aromatic rings. The van der Waals surface area contributed by atoms with Crippen LogP contribution >= 0.6 is 0 Å². The minimum absolute atomic E-state index is 0.0168. The summed E-state index contributed by atoms with van der Waals surface area (Å²) in [6, 6.07) is 7.80. The molecular formula is C14H16N4O. The Bertz CT molecular complexity index is 611. The first-order valence-electron chi connectivity index (χ1n) is 6.52. The van der Waals surface area contributed by atoms with Gasteiger partial charge in [-0.2, -0.15) is 5.10 Å². The van der Waals surface area contributed by atoms with Gasteiger partial charge in [-0.3, -0.25) is 4.79 Å². The number of imidazole rings is 1. The highest BCUT2D eigenvalue weighted by Crippen LogP contribution is 2.22. The molecule has 1 aromatic heterocycles. The first-order valence-corrected chi connectivity index (χ1v) is 6.52. The number of aromatic nitrogens is 2. The quantitative estimate of drug-likeness (QED) is 0.655. The molecule has 5 heteroatoms. The van der Waals surface area contributed by atoms with E-state index in [1.165, 1.54) is 0 Å². The summed E-state index contributed by atoms with van der Waals surface area (Å²) in [5.74, 6) is 0.885. The van der Waals surface area contributed by atoms with Crippen molar-refractivity contribution >= 4 is 28.5 Å². The zero-order chi connectivity index (χ0) is 13.2. The van der Waals surface area contributed by atoms with Gasteiger partial charge in [0, 0.05) is 12.1 Å². The normalized spacial score (nSPS) is 20.2. The highest BCUT2D eigenvalue weighted by molar-refractivity contribution is 6.05. The minimum Gasteiger partial charge on any atom is -0.323 e. The Morgan fingerprint density at radius 1 is 1.47 bits per heavy atom. The molecule has 1 unspecified atom stereocenters. The maximum Gasteiger partial charge on any atom is 0.222 e. The monoisotopic (exact) mass is 256 g/mol. The number of fused-ring (bicyclic) bond motifs is 1. The van der Waals surface area contributed by atoms with Gasteiger partial charge in [0.25, 0.3) is 0 Å². The molecule has 98 valence electrons. The highest BCUT2D eigenvalue weighted by Gasteiger charge is 2.26. The number of carbonyl (C=O) groups excluding carboxylic acids is 1. The fraction of sp³-hybridized carbons (Fsp3) is 0.357. The zero-order valence-electron chi connectivity index (χ0n) is 10.8. The van der Waals surface area contributed by atoms with Crippen LogP contribution in [0.4, 0.5) is 5.95 Å². The summed E-state index contributed by atoms with van der Waals surface area (Å²) in [7, 11) is 0. The van der Waals surface area contributed by atoms with Gasteiger partial charge < -0.3 is 4.98 Å². The number of rotatable bonds is 3. The van der Waals surface area contributed by atoms with Crippen molar-refractivity contribution in [3.63, 3.8) is 0 Å². The zero-order valence-corrected chi connectivity index (χ0v) is 10.8. The van der Waals surface area contributed by atoms with Crippen molar-refractivity contribution in [3.05, 3.63) is 24.3 Å². The third kappa shape index (κ3) is 2.36. The number of benzene rings is 1. The van der Waals surface area contributed by atoms with Crippen LogP contribution in [-0.4, -0.2) is 21.5 Å². The van der Waals surface area contributed by atoms with Crippen LogP contribution in [0.15, 0.2) is 29.4 Å². The van der Waals surface area contributed by atoms with Gasteiger partial charge in [0.15, 0.2) is 0 Å². The molecule has 1 aromatic carbocycles. The number of ketones is 1. The van der Waals surface area contributed by atoms with Crippen LogP contribution in [-0.2, 0) is 4.79 Å². The number of H-pyrrole nitrogens is 1. The molecule has 1 heterocycles. The fourth-order valence-corrected chi connectivity index (χ4v) is 2.48. The average molecular weight is 256 g/mol. The number of aromatic amines is 1. The molecule has 1 aliphatic carbocycles. The molecule has 0 aliphatic heterocycles. The van der Waals surface area contributed by atoms with E-state index in [9.17, 15) is 4.79 Å². The number of hydrazone groups is 1. The predicted octanol–water partition coefficient (Wildman–Crippen LogP) is 2.72. The summed E-state index contributed by atoms with van der Waals surface area (Å²) in [4.78, 5) is 19.1. The van der Waals surface area contributed by atoms with Crippen molar-refractivity contribution in [1.29, 1.82) is 0 Å². The smallest absolute Gasteiger partial charge is 0.222 e. The van der Waals surface area contributed by atoms with E-state index in [-0.39, 0.29) is 5.92 Å². The van der Waals surface area contributed by atoms with Gasteiger partial charge in [-0.05, 0) is 31.9 Å². The maximum atomic E-state index is 11.6. The number of hydrogen-bond acceptors (Lipinski definition) is 4. The molecule has 2 N–H and O–H groups in total. The topological polar surface area (TPSA) is 70.1 Å². The van der Waals surface area contributed by atoms with Gasteiger partial charge in [0.2, 0.25) is 5.95 Å². The molecule has 5 nitrogen and oxygen atoms in total. The Morgan fingerprint density at radius 3 is 3.05 bits per heavy atom. The molecule has 0 radical (unpaired) electrons. The second-order valence-electron chi connectivity index (χ2n) is 4.88. The van der Waals surface area contributed by atoms with E-state index in [1.807, 2.05) is 31.2 Å². The second-order valence-corrected chi connectivity index (χ2v) is 4.88. The molecule has 0 spiro atoms. The van der Waals surface area contributed by atoms with Crippen molar-refractivity contribution < 1.29 is 4.79 Å². The van der Waals surface area contributed by atoms with E-state index in [1.54, 1.807) is 0 Å². The third-order valence-electron chi connectivity index (χ3n) is 3.54. The molecule has 1 saturated carbocycles. The lowest BCUT2D eigenvalue weighted by atomic mass is 10.0. The van der Waals surface area contributed by atoms with E-state index in [0.29, 0.717) is 18.2 Å². The second kappa shape index (κ2) is 4.84. The number of para-hydroxylation sites is 2. The first-order chi connectivity index (χ1) is 9.24. The molecular weight excluding hydrogens is 240 g/mol. The van der Waals surface area contributed by atoms with E-state index in [4.69, 9.17) is 0 Å². The van der Waals surface area contributed by atoms with Crippen LogP contribution in [0, 0.1) is 5.92 Å². The van der Waals surface area contributed by atoms with E-state index in [2.05, 4.69) is 20.5 Å². The van der Waals surface area contributed by atoms with Crippen LogP contribution in [0.5, 0.6) is 0 Å². The fourth-order valence-electron chi connectivity index (χ4n) is 2.48. The SMILES string of the molecule is C/C(=N\Nc1nc2ccccc2[nH]1)C1CCCC1=O. The van der Waals surface area contributed by atoms with Crippen LogP contribution in [0.3, 0.4) is 0 Å². The molecule has 0 saturated heterocycles. The molecule has 3 rings (SSSR count).